The van der Waals surface area contributed by atoms with Crippen LogP contribution in [-0.2, 0) is 9.47 Å². The summed E-state index contributed by atoms with van der Waals surface area (Å²) in [4.78, 5) is 8.56. The molecule has 17 heavy (non-hydrogen) atoms. The zero-order chi connectivity index (χ0) is 12.9. The maximum atomic E-state index is 8.56. The fraction of sp³-hybridized carbons (Fsp3) is 0.889. The van der Waals surface area contributed by atoms with Crippen molar-refractivity contribution in [2.45, 2.75) is 0 Å². The van der Waals surface area contributed by atoms with Crippen LogP contribution in [0.4, 0.5) is 4.79 Å². The second-order valence-electron chi connectivity index (χ2n) is 3.29. The molecule has 2 saturated heterocycles. The van der Waals surface area contributed by atoms with Gasteiger partial charge in [0.15, 0.2) is 0 Å². The summed E-state index contributed by atoms with van der Waals surface area (Å²) in [5.41, 5.74) is 0. The van der Waals surface area contributed by atoms with E-state index in [2.05, 4.69) is 5.32 Å². The molecule has 2 rings (SSSR count). The van der Waals surface area contributed by atoms with Crippen LogP contribution in [0.25, 0.3) is 0 Å². The Morgan fingerprint density at radius 1 is 1.06 bits per heavy atom. The van der Waals surface area contributed by atoms with Gasteiger partial charge in [-0.2, -0.15) is 0 Å². The van der Waals surface area contributed by atoms with Crippen molar-refractivity contribution in [3.63, 3.8) is 0 Å². The number of hydrogen-bond donors (Lipinski definition) is 4. The van der Waals surface area contributed by atoms with Crippen LogP contribution in [0, 0.1) is 0 Å². The van der Waals surface area contributed by atoms with Crippen LogP contribution in [-0.4, -0.2) is 74.0 Å². The van der Waals surface area contributed by atoms with E-state index in [0.29, 0.717) is 0 Å². The maximum absolute atomic E-state index is 8.56. The summed E-state index contributed by atoms with van der Waals surface area (Å²) in [7, 11) is 0. The first-order valence-electron chi connectivity index (χ1n) is 5.40. The lowest BCUT2D eigenvalue weighted by Gasteiger charge is -2.20. The Kier molecular flexibility index (Phi) is 10.9. The van der Waals surface area contributed by atoms with Crippen molar-refractivity contribution in [2.24, 2.45) is 5.84 Å². The van der Waals surface area contributed by atoms with Crippen LogP contribution in [0.3, 0.4) is 0 Å². The first-order chi connectivity index (χ1) is 8.13. The molecule has 0 aromatic heterocycles. The molecule has 2 fully saturated rings. The number of nitrogens with zero attached hydrogens (tertiary/aromatic N) is 1. The number of hydrazine groups is 1. The van der Waals surface area contributed by atoms with Crippen LogP contribution in [0.15, 0.2) is 0 Å². The summed E-state index contributed by atoms with van der Waals surface area (Å²) in [6.45, 7) is 7.16. The zero-order valence-electron chi connectivity index (χ0n) is 9.80. The van der Waals surface area contributed by atoms with Gasteiger partial charge in [-0.15, -0.1) is 0 Å². The van der Waals surface area contributed by atoms with Crippen molar-refractivity contribution in [1.82, 2.24) is 10.3 Å². The molecule has 0 saturated carbocycles. The number of hydrogen-bond acceptors (Lipinski definition) is 6. The molecule has 0 atom stereocenters. The van der Waals surface area contributed by atoms with Crippen LogP contribution < -0.4 is 11.2 Å². The van der Waals surface area contributed by atoms with E-state index in [1.54, 1.807) is 5.01 Å². The van der Waals surface area contributed by atoms with Gasteiger partial charge in [-0.25, -0.2) is 9.80 Å². The summed E-state index contributed by atoms with van der Waals surface area (Å²) < 4.78 is 10.0. The highest BCUT2D eigenvalue weighted by Crippen LogP contribution is 1.86. The van der Waals surface area contributed by atoms with Gasteiger partial charge in [0.1, 0.15) is 0 Å². The minimum absolute atomic E-state index is 0.788. The van der Waals surface area contributed by atoms with E-state index in [1.807, 2.05) is 0 Å². The van der Waals surface area contributed by atoms with Crippen molar-refractivity contribution in [3.8, 4) is 0 Å². The van der Waals surface area contributed by atoms with Gasteiger partial charge in [0.25, 0.3) is 0 Å². The Labute approximate surface area is 100 Å². The lowest BCUT2D eigenvalue weighted by Crippen LogP contribution is -2.41. The lowest BCUT2D eigenvalue weighted by atomic mass is 10.5. The molecular formula is C9H21N3O5. The molecule has 8 heteroatoms. The van der Waals surface area contributed by atoms with Crippen LogP contribution >= 0.6 is 0 Å². The fourth-order valence-corrected chi connectivity index (χ4v) is 1.09. The summed E-state index contributed by atoms with van der Waals surface area (Å²) in [5.74, 6) is 5.39. The zero-order valence-corrected chi connectivity index (χ0v) is 9.80. The highest BCUT2D eigenvalue weighted by atomic mass is 16.6. The van der Waals surface area contributed by atoms with E-state index >= 15 is 0 Å². The number of carboxylic acid groups (broad SMARTS) is 2. The molecule has 8 nitrogen and oxygen atoms in total. The largest absolute Gasteiger partial charge is 0.503 e. The molecule has 0 unspecified atom stereocenters. The van der Waals surface area contributed by atoms with Gasteiger partial charge >= 0.3 is 6.16 Å². The molecule has 5 N–H and O–H groups in total. The molecule has 0 aliphatic carbocycles. The van der Waals surface area contributed by atoms with Gasteiger partial charge < -0.3 is 25.0 Å². The van der Waals surface area contributed by atoms with Crippen LogP contribution in [0.2, 0.25) is 0 Å². The quantitative estimate of drug-likeness (QED) is 0.406. The average molecular weight is 251 g/mol. The van der Waals surface area contributed by atoms with Crippen molar-refractivity contribution in [3.05, 3.63) is 0 Å². The number of ether oxygens (including phenoxy) is 2. The Morgan fingerprint density at radius 2 is 1.47 bits per heavy atom. The number of rotatable bonds is 0. The van der Waals surface area contributed by atoms with E-state index in [1.165, 1.54) is 0 Å². The number of morpholine rings is 2. The average Bonchev–Trinajstić information content (AvgIpc) is 2.32. The van der Waals surface area contributed by atoms with Gasteiger partial charge in [0.05, 0.1) is 26.4 Å². The Morgan fingerprint density at radius 3 is 1.65 bits per heavy atom. The minimum Gasteiger partial charge on any atom is -0.450 e. The summed E-state index contributed by atoms with van der Waals surface area (Å²) in [6, 6.07) is 0. The first-order valence-corrected chi connectivity index (χ1v) is 5.40. The second-order valence-corrected chi connectivity index (χ2v) is 3.29. The van der Waals surface area contributed by atoms with Gasteiger partial charge in [0.2, 0.25) is 0 Å². The van der Waals surface area contributed by atoms with Gasteiger partial charge in [0, 0.05) is 26.2 Å². The Hall–Kier alpha value is -0.930. The fourth-order valence-electron chi connectivity index (χ4n) is 1.09. The molecule has 0 spiro atoms. The van der Waals surface area contributed by atoms with E-state index in [4.69, 9.17) is 30.3 Å². The van der Waals surface area contributed by atoms with Crippen molar-refractivity contribution < 1.29 is 24.5 Å². The highest BCUT2D eigenvalue weighted by Gasteiger charge is 2.02. The smallest absolute Gasteiger partial charge is 0.450 e. The third kappa shape index (κ3) is 15.1. The standard InChI is InChI=1S/C4H10N2O.C4H9NO.CH2O3/c5-6-1-3-7-4-2-6;1-3-6-4-2-5-1;2-1(3)4/h1-5H2;5H,1-4H2;(H2,2,3,4). The summed E-state index contributed by atoms with van der Waals surface area (Å²) >= 11 is 0. The molecule has 2 aliphatic rings. The Bertz CT molecular complexity index is 168. The van der Waals surface area contributed by atoms with E-state index in [9.17, 15) is 0 Å². The predicted molar refractivity (Wildman–Crippen MR) is 60.9 cm³/mol. The van der Waals surface area contributed by atoms with Crippen molar-refractivity contribution >= 4 is 6.16 Å². The number of nitrogens with one attached hydrogen (secondary N) is 1. The van der Waals surface area contributed by atoms with Crippen LogP contribution in [0.1, 0.15) is 0 Å². The first kappa shape index (κ1) is 16.1. The molecule has 2 heterocycles. The minimum atomic E-state index is -1.83. The van der Waals surface area contributed by atoms with Crippen molar-refractivity contribution in [1.29, 1.82) is 0 Å². The van der Waals surface area contributed by atoms with Crippen molar-refractivity contribution in [2.75, 3.05) is 52.6 Å². The maximum Gasteiger partial charge on any atom is 0.503 e. The van der Waals surface area contributed by atoms with Crippen LogP contribution in [0.5, 0.6) is 0 Å². The Balaban J connectivity index is 0.000000236. The SMILES string of the molecule is C1COCCN1.NN1CCOCC1.O=C(O)O. The molecule has 0 bridgehead atoms. The molecule has 0 aromatic carbocycles. The number of carbonyl (C=O) groups is 1. The normalized spacial score (nSPS) is 20.3. The monoisotopic (exact) mass is 251 g/mol. The van der Waals surface area contributed by atoms with E-state index in [-0.39, 0.29) is 0 Å². The molecule has 0 aromatic rings. The van der Waals surface area contributed by atoms with Gasteiger partial charge in [-0.05, 0) is 0 Å². The third-order valence-electron chi connectivity index (χ3n) is 1.89. The highest BCUT2D eigenvalue weighted by molar-refractivity contribution is 5.53. The molecule has 102 valence electrons. The molecular weight excluding hydrogens is 230 g/mol. The third-order valence-corrected chi connectivity index (χ3v) is 1.89. The summed E-state index contributed by atoms with van der Waals surface area (Å²) in [5, 5.41) is 18.9. The number of nitrogens with two attached hydrogens (primary N) is 1. The molecule has 0 amide bonds. The molecule has 2 aliphatic heterocycles. The van der Waals surface area contributed by atoms with Gasteiger partial charge in [-0.1, -0.05) is 0 Å². The van der Waals surface area contributed by atoms with Gasteiger partial charge in [-0.3, -0.25) is 5.84 Å². The van der Waals surface area contributed by atoms with E-state index in [0.717, 1.165) is 52.6 Å². The van der Waals surface area contributed by atoms with E-state index < -0.39 is 6.16 Å². The summed E-state index contributed by atoms with van der Waals surface area (Å²) in [6.07, 6.45) is -1.83. The predicted octanol–water partition coefficient (Wildman–Crippen LogP) is -0.979. The second kappa shape index (κ2) is 11.6. The topological polar surface area (TPSA) is 117 Å². The lowest BCUT2D eigenvalue weighted by molar-refractivity contribution is 0.0378. The molecule has 0 radical (unpaired) electrons.